The molecule has 0 bridgehead atoms. The zero-order chi connectivity index (χ0) is 26.3. The van der Waals surface area contributed by atoms with Gasteiger partial charge in [0.25, 0.3) is 15.9 Å². The second-order valence-electron chi connectivity index (χ2n) is 8.67. The highest BCUT2D eigenvalue weighted by molar-refractivity contribution is 7.90. The number of unbranched alkanes of at least 4 members (excludes halogenated alkanes) is 1. The van der Waals surface area contributed by atoms with Crippen LogP contribution in [0.3, 0.4) is 0 Å². The Bertz CT molecular complexity index is 1200. The minimum Gasteiger partial charge on any atom is -0.497 e. The third kappa shape index (κ3) is 6.04. The molecular formula is C26H33N3O6S. The van der Waals surface area contributed by atoms with Crippen molar-refractivity contribution in [3.63, 3.8) is 0 Å². The van der Waals surface area contributed by atoms with Gasteiger partial charge in [-0.05, 0) is 49.6 Å². The molecule has 1 heterocycles. The number of methoxy groups -OCH3 is 1. The van der Waals surface area contributed by atoms with E-state index in [9.17, 15) is 22.8 Å². The van der Waals surface area contributed by atoms with Gasteiger partial charge in [-0.1, -0.05) is 37.6 Å². The van der Waals surface area contributed by atoms with E-state index in [-0.39, 0.29) is 48.2 Å². The fourth-order valence-electron chi connectivity index (χ4n) is 4.02. The van der Waals surface area contributed by atoms with Gasteiger partial charge in [-0.25, -0.2) is 12.7 Å². The SMILES string of the molecule is CCCCNC(=O)[C@@H](C)N(Cc1ccc(OC)cc1)C(=O)CCCN1C(=O)c2ccccc2S1(=O)=O. The number of sulfonamides is 1. The number of nitrogens with one attached hydrogen (secondary N) is 1. The lowest BCUT2D eigenvalue weighted by atomic mass is 10.1. The van der Waals surface area contributed by atoms with Crippen molar-refractivity contribution in [2.45, 2.75) is 57.0 Å². The molecule has 2 aromatic carbocycles. The van der Waals surface area contributed by atoms with Gasteiger partial charge in [-0.2, -0.15) is 0 Å². The van der Waals surface area contributed by atoms with Crippen LogP contribution in [0.2, 0.25) is 0 Å². The predicted molar refractivity (Wildman–Crippen MR) is 135 cm³/mol. The lowest BCUT2D eigenvalue weighted by molar-refractivity contribution is -0.140. The Morgan fingerprint density at radius 1 is 1.08 bits per heavy atom. The number of hydrogen-bond acceptors (Lipinski definition) is 6. The first kappa shape index (κ1) is 27.2. The van der Waals surface area contributed by atoms with Gasteiger partial charge in [0.15, 0.2) is 0 Å². The van der Waals surface area contributed by atoms with Crippen LogP contribution >= 0.6 is 0 Å². The van der Waals surface area contributed by atoms with E-state index in [2.05, 4.69) is 5.32 Å². The number of fused-ring (bicyclic) bond motifs is 1. The molecule has 194 valence electrons. The van der Waals surface area contributed by atoms with Crippen molar-refractivity contribution >= 4 is 27.7 Å². The predicted octanol–water partition coefficient (Wildman–Crippen LogP) is 2.95. The first-order valence-corrected chi connectivity index (χ1v) is 13.5. The smallest absolute Gasteiger partial charge is 0.269 e. The van der Waals surface area contributed by atoms with Crippen molar-refractivity contribution in [2.75, 3.05) is 20.2 Å². The van der Waals surface area contributed by atoms with Gasteiger partial charge in [0, 0.05) is 26.1 Å². The minimum absolute atomic E-state index is 0.0140. The Morgan fingerprint density at radius 2 is 1.78 bits per heavy atom. The molecule has 0 unspecified atom stereocenters. The Hall–Kier alpha value is -3.40. The summed E-state index contributed by atoms with van der Waals surface area (Å²) in [6.07, 6.45) is 1.90. The lowest BCUT2D eigenvalue weighted by Crippen LogP contribution is -2.47. The van der Waals surface area contributed by atoms with Crippen molar-refractivity contribution in [2.24, 2.45) is 0 Å². The summed E-state index contributed by atoms with van der Waals surface area (Å²) in [5.41, 5.74) is 0.965. The molecule has 0 radical (unpaired) electrons. The van der Waals surface area contributed by atoms with Crippen LogP contribution in [0.15, 0.2) is 53.4 Å². The highest BCUT2D eigenvalue weighted by Crippen LogP contribution is 2.30. The highest BCUT2D eigenvalue weighted by atomic mass is 32.2. The standard InChI is InChI=1S/C26H33N3O6S/c1-4-5-16-27-25(31)19(2)28(18-20-12-14-21(35-3)15-13-20)24(30)11-8-17-29-26(32)22-9-6-7-10-23(22)36(29,33)34/h6-7,9-10,12-15,19H,4-5,8,11,16-18H2,1-3H3,(H,27,31)/t19-/m1/s1. The molecule has 2 aromatic rings. The van der Waals surface area contributed by atoms with Crippen molar-refractivity contribution in [1.29, 1.82) is 0 Å². The molecule has 0 fully saturated rings. The summed E-state index contributed by atoms with van der Waals surface area (Å²) in [5, 5.41) is 2.87. The maximum absolute atomic E-state index is 13.2. The Labute approximate surface area is 212 Å². The van der Waals surface area contributed by atoms with Crippen molar-refractivity contribution in [3.8, 4) is 5.75 Å². The normalized spacial score (nSPS) is 14.8. The second-order valence-corrected chi connectivity index (χ2v) is 10.5. The van der Waals surface area contributed by atoms with Crippen LogP contribution in [0.25, 0.3) is 0 Å². The minimum atomic E-state index is -3.93. The molecule has 3 amide bonds. The summed E-state index contributed by atoms with van der Waals surface area (Å²) in [6, 6.07) is 12.6. The van der Waals surface area contributed by atoms with Crippen LogP contribution in [0.1, 0.15) is 55.5 Å². The second kappa shape index (κ2) is 12.0. The molecule has 1 atom stereocenters. The molecule has 3 rings (SSSR count). The monoisotopic (exact) mass is 515 g/mol. The van der Waals surface area contributed by atoms with E-state index in [1.807, 2.05) is 19.1 Å². The van der Waals surface area contributed by atoms with E-state index in [4.69, 9.17) is 4.74 Å². The fourth-order valence-corrected chi connectivity index (χ4v) is 5.62. The zero-order valence-electron chi connectivity index (χ0n) is 20.9. The largest absolute Gasteiger partial charge is 0.497 e. The van der Waals surface area contributed by atoms with Crippen LogP contribution in [0.4, 0.5) is 0 Å². The number of carbonyl (C=O) groups excluding carboxylic acids is 3. The molecule has 0 saturated heterocycles. The first-order chi connectivity index (χ1) is 17.2. The van der Waals surface area contributed by atoms with E-state index in [0.29, 0.717) is 12.3 Å². The van der Waals surface area contributed by atoms with E-state index in [1.54, 1.807) is 38.3 Å². The molecule has 0 saturated carbocycles. The van der Waals surface area contributed by atoms with Crippen LogP contribution in [0, 0.1) is 0 Å². The molecule has 1 N–H and O–H groups in total. The molecule has 1 aliphatic heterocycles. The van der Waals surface area contributed by atoms with Crippen LogP contribution in [0.5, 0.6) is 5.75 Å². The summed E-state index contributed by atoms with van der Waals surface area (Å²) in [7, 11) is -2.36. The fraction of sp³-hybridized carbons (Fsp3) is 0.423. The van der Waals surface area contributed by atoms with Crippen LogP contribution in [-0.2, 0) is 26.2 Å². The molecule has 0 spiro atoms. The summed E-state index contributed by atoms with van der Waals surface area (Å²) >= 11 is 0. The van der Waals surface area contributed by atoms with Gasteiger partial charge >= 0.3 is 0 Å². The van der Waals surface area contributed by atoms with E-state index in [1.165, 1.54) is 17.0 Å². The molecule has 36 heavy (non-hydrogen) atoms. The first-order valence-electron chi connectivity index (χ1n) is 12.1. The Balaban J connectivity index is 1.69. The maximum atomic E-state index is 13.2. The summed E-state index contributed by atoms with van der Waals surface area (Å²) in [4.78, 5) is 40.1. The van der Waals surface area contributed by atoms with Gasteiger partial charge in [-0.3, -0.25) is 14.4 Å². The van der Waals surface area contributed by atoms with Crippen molar-refractivity contribution in [3.05, 3.63) is 59.7 Å². The highest BCUT2D eigenvalue weighted by Gasteiger charge is 2.40. The molecular weight excluding hydrogens is 482 g/mol. The third-order valence-electron chi connectivity index (χ3n) is 6.17. The quantitative estimate of drug-likeness (QED) is 0.435. The molecule has 9 nitrogen and oxygen atoms in total. The average molecular weight is 516 g/mol. The van der Waals surface area contributed by atoms with E-state index < -0.39 is 22.0 Å². The molecule has 10 heteroatoms. The summed E-state index contributed by atoms with van der Waals surface area (Å²) < 4.78 is 31.5. The zero-order valence-corrected chi connectivity index (χ0v) is 21.7. The number of nitrogens with zero attached hydrogens (tertiary/aromatic N) is 2. The van der Waals surface area contributed by atoms with Gasteiger partial charge in [0.1, 0.15) is 16.7 Å². The number of amides is 3. The van der Waals surface area contributed by atoms with Crippen LogP contribution < -0.4 is 10.1 Å². The van der Waals surface area contributed by atoms with Gasteiger partial charge in [-0.15, -0.1) is 0 Å². The average Bonchev–Trinajstić information content (AvgIpc) is 3.07. The van der Waals surface area contributed by atoms with E-state index in [0.717, 1.165) is 22.7 Å². The number of ether oxygens (including phenoxy) is 1. The number of carbonyl (C=O) groups is 3. The number of benzene rings is 2. The molecule has 0 aliphatic carbocycles. The lowest BCUT2D eigenvalue weighted by Gasteiger charge is -2.29. The summed E-state index contributed by atoms with van der Waals surface area (Å²) in [6.45, 7) is 4.32. The van der Waals surface area contributed by atoms with Crippen LogP contribution in [-0.4, -0.2) is 61.6 Å². The topological polar surface area (TPSA) is 113 Å². The molecule has 1 aliphatic rings. The van der Waals surface area contributed by atoms with Crippen molar-refractivity contribution < 1.29 is 27.5 Å². The maximum Gasteiger partial charge on any atom is 0.269 e. The molecule has 0 aromatic heterocycles. The van der Waals surface area contributed by atoms with Gasteiger partial charge in [0.2, 0.25) is 11.8 Å². The van der Waals surface area contributed by atoms with Gasteiger partial charge in [0.05, 0.1) is 12.7 Å². The Kier molecular flexibility index (Phi) is 9.08. The van der Waals surface area contributed by atoms with E-state index >= 15 is 0 Å². The summed E-state index contributed by atoms with van der Waals surface area (Å²) in [5.74, 6) is -0.458. The Morgan fingerprint density at radius 3 is 2.42 bits per heavy atom. The third-order valence-corrected chi connectivity index (χ3v) is 8.01. The van der Waals surface area contributed by atoms with Gasteiger partial charge < -0.3 is 15.0 Å². The number of hydrogen-bond donors (Lipinski definition) is 1. The number of rotatable bonds is 12. The van der Waals surface area contributed by atoms with Crippen molar-refractivity contribution in [1.82, 2.24) is 14.5 Å².